The zero-order valence-electron chi connectivity index (χ0n) is 11.8. The number of carbonyl (C=O) groups excluding carboxylic acids is 2. The number of amides is 2. The van der Waals surface area contributed by atoms with E-state index >= 15 is 0 Å². The largest absolute Gasteiger partial charge is 0.481 e. The van der Waals surface area contributed by atoms with Crippen LogP contribution in [0.1, 0.15) is 5.56 Å². The lowest BCUT2D eigenvalue weighted by Gasteiger charge is -2.28. The minimum atomic E-state index is -0.603. The molecule has 0 radical (unpaired) electrons. The van der Waals surface area contributed by atoms with E-state index < -0.39 is 18.0 Å². The van der Waals surface area contributed by atoms with Crippen LogP contribution in [0.15, 0.2) is 6.07 Å². The molecule has 0 aliphatic carbocycles. The summed E-state index contributed by atoms with van der Waals surface area (Å²) in [5.41, 5.74) is 6.91. The number of anilines is 2. The second kappa shape index (κ2) is 4.33. The van der Waals surface area contributed by atoms with Gasteiger partial charge in [-0.05, 0) is 0 Å². The van der Waals surface area contributed by atoms with Gasteiger partial charge in [0.2, 0.25) is 0 Å². The van der Waals surface area contributed by atoms with E-state index in [1.54, 1.807) is 0 Å². The fourth-order valence-electron chi connectivity index (χ4n) is 3.36. The molecule has 0 spiro atoms. The summed E-state index contributed by atoms with van der Waals surface area (Å²) in [4.78, 5) is 26.4. The van der Waals surface area contributed by atoms with Crippen LogP contribution in [0.3, 0.4) is 0 Å². The van der Waals surface area contributed by atoms with Gasteiger partial charge in [-0.3, -0.25) is 9.69 Å². The van der Waals surface area contributed by atoms with Gasteiger partial charge < -0.3 is 20.1 Å². The molecule has 0 unspecified atom stereocenters. The molecule has 3 aliphatic rings. The van der Waals surface area contributed by atoms with Crippen LogP contribution in [-0.2, 0) is 16.0 Å². The Kier molecular flexibility index (Phi) is 2.62. The topological polar surface area (TPSA) is 85.1 Å². The van der Waals surface area contributed by atoms with E-state index in [2.05, 4.69) is 0 Å². The van der Waals surface area contributed by atoms with Gasteiger partial charge in [0, 0.05) is 31.6 Å². The molecule has 2 atom stereocenters. The molecule has 3 heterocycles. The Balaban J connectivity index is 1.87. The van der Waals surface area contributed by atoms with Crippen LogP contribution < -0.4 is 20.3 Å². The molecule has 0 bridgehead atoms. The molecular formula is C14H14FN3O4. The van der Waals surface area contributed by atoms with Crippen LogP contribution >= 0.6 is 0 Å². The van der Waals surface area contributed by atoms with Gasteiger partial charge in [0.1, 0.15) is 11.8 Å². The number of cyclic esters (lactones) is 1. The molecule has 1 aromatic carbocycles. The lowest BCUT2D eigenvalue weighted by molar-refractivity contribution is -0.121. The number of benzene rings is 1. The summed E-state index contributed by atoms with van der Waals surface area (Å²) in [6.07, 6.45) is -0.492. The molecular weight excluding hydrogens is 293 g/mol. The predicted molar refractivity (Wildman–Crippen MR) is 74.6 cm³/mol. The number of likely N-dealkylation sites (N-methyl/N-ethyl adjacent to an activating group) is 1. The minimum Gasteiger partial charge on any atom is -0.481 e. The van der Waals surface area contributed by atoms with E-state index in [-0.39, 0.29) is 30.8 Å². The number of fused-ring (bicyclic) bond motifs is 5. The highest BCUT2D eigenvalue weighted by Crippen LogP contribution is 2.49. The van der Waals surface area contributed by atoms with Crippen molar-refractivity contribution in [2.75, 3.05) is 30.0 Å². The van der Waals surface area contributed by atoms with Crippen LogP contribution in [0.4, 0.5) is 20.6 Å². The highest BCUT2D eigenvalue weighted by atomic mass is 19.1. The fourth-order valence-corrected chi connectivity index (χ4v) is 3.36. The Morgan fingerprint density at radius 3 is 2.95 bits per heavy atom. The third kappa shape index (κ3) is 1.52. The first-order valence-electron chi connectivity index (χ1n) is 6.97. The van der Waals surface area contributed by atoms with Crippen molar-refractivity contribution in [3.63, 3.8) is 0 Å². The first-order valence-corrected chi connectivity index (χ1v) is 6.97. The number of hydrogen-bond acceptors (Lipinski definition) is 5. The summed E-state index contributed by atoms with van der Waals surface area (Å²) in [6, 6.07) is 0.997. The van der Waals surface area contributed by atoms with Crippen molar-refractivity contribution >= 4 is 23.4 Å². The summed E-state index contributed by atoms with van der Waals surface area (Å²) >= 11 is 0. The molecule has 0 aromatic heterocycles. The van der Waals surface area contributed by atoms with E-state index in [0.717, 1.165) is 5.56 Å². The van der Waals surface area contributed by atoms with Crippen LogP contribution in [0.5, 0.6) is 5.75 Å². The van der Waals surface area contributed by atoms with Gasteiger partial charge >= 0.3 is 6.09 Å². The van der Waals surface area contributed by atoms with Gasteiger partial charge in [-0.1, -0.05) is 0 Å². The summed E-state index contributed by atoms with van der Waals surface area (Å²) in [5.74, 6) is -0.590. The number of nitrogens with zero attached hydrogens (tertiary/aromatic N) is 2. The first-order chi connectivity index (χ1) is 10.5. The Morgan fingerprint density at radius 2 is 2.23 bits per heavy atom. The SMILES string of the molecule is CN1C(=O)COc2c3c(cc(F)c21)N1C(=O)O[C@@H](CN)[C@@H]1C3. The van der Waals surface area contributed by atoms with Crippen molar-refractivity contribution in [2.45, 2.75) is 18.6 Å². The van der Waals surface area contributed by atoms with E-state index in [1.807, 2.05) is 0 Å². The zero-order chi connectivity index (χ0) is 15.6. The Bertz CT molecular complexity index is 708. The number of carbonyl (C=O) groups is 2. The second-order valence-corrected chi connectivity index (χ2v) is 5.57. The molecule has 2 N–H and O–H groups in total. The Hall–Kier alpha value is -2.35. The monoisotopic (exact) mass is 307 g/mol. The van der Waals surface area contributed by atoms with Gasteiger partial charge in [0.05, 0.1) is 11.7 Å². The lowest BCUT2D eigenvalue weighted by Crippen LogP contribution is -2.37. The van der Waals surface area contributed by atoms with Crippen molar-refractivity contribution in [1.29, 1.82) is 0 Å². The van der Waals surface area contributed by atoms with Gasteiger partial charge in [0.25, 0.3) is 5.91 Å². The summed E-state index contributed by atoms with van der Waals surface area (Å²) in [6.45, 7) is 0.0552. The summed E-state index contributed by atoms with van der Waals surface area (Å²) in [5, 5.41) is 0. The standard InChI is InChI=1S/C14H14FN3O4/c1-17-11(19)5-21-13-6-2-9-10(4-16)22-14(20)18(9)8(6)3-7(15)12(13)17/h3,9-10H,2,4-5,16H2,1H3/t9-,10-/m0/s1. The molecule has 1 saturated heterocycles. The normalized spacial score (nSPS) is 25.6. The third-order valence-corrected chi connectivity index (χ3v) is 4.45. The number of ether oxygens (including phenoxy) is 2. The third-order valence-electron chi connectivity index (χ3n) is 4.45. The number of rotatable bonds is 1. The van der Waals surface area contributed by atoms with E-state index in [4.69, 9.17) is 15.2 Å². The first kappa shape index (κ1) is 13.3. The lowest BCUT2D eigenvalue weighted by atomic mass is 10.0. The highest BCUT2D eigenvalue weighted by molar-refractivity contribution is 6.01. The smallest absolute Gasteiger partial charge is 0.415 e. The number of halogens is 1. The van der Waals surface area contributed by atoms with Crippen molar-refractivity contribution < 1.29 is 23.5 Å². The fraction of sp³-hybridized carbons (Fsp3) is 0.429. The molecule has 4 rings (SSSR count). The maximum absolute atomic E-state index is 14.4. The second-order valence-electron chi connectivity index (χ2n) is 5.57. The van der Waals surface area contributed by atoms with Crippen LogP contribution in [0.2, 0.25) is 0 Å². The summed E-state index contributed by atoms with van der Waals surface area (Å²) in [7, 11) is 1.51. The number of nitrogens with two attached hydrogens (primary N) is 1. The molecule has 1 aromatic rings. The van der Waals surface area contributed by atoms with Gasteiger partial charge in [-0.25, -0.2) is 9.18 Å². The van der Waals surface area contributed by atoms with Crippen LogP contribution in [-0.4, -0.2) is 44.3 Å². The van der Waals surface area contributed by atoms with Gasteiger partial charge in [-0.2, -0.15) is 0 Å². The van der Waals surface area contributed by atoms with E-state index in [0.29, 0.717) is 17.9 Å². The van der Waals surface area contributed by atoms with Gasteiger partial charge in [0.15, 0.2) is 18.2 Å². The van der Waals surface area contributed by atoms with Crippen LogP contribution in [0.25, 0.3) is 0 Å². The maximum atomic E-state index is 14.4. The highest BCUT2D eigenvalue weighted by Gasteiger charge is 2.49. The molecule has 1 fully saturated rings. The molecule has 3 aliphatic heterocycles. The average molecular weight is 307 g/mol. The van der Waals surface area contributed by atoms with Gasteiger partial charge in [-0.15, -0.1) is 0 Å². The van der Waals surface area contributed by atoms with Crippen LogP contribution in [0, 0.1) is 5.82 Å². The van der Waals surface area contributed by atoms with Crippen molar-refractivity contribution in [1.82, 2.24) is 0 Å². The van der Waals surface area contributed by atoms with Crippen molar-refractivity contribution in [3.05, 3.63) is 17.4 Å². The maximum Gasteiger partial charge on any atom is 0.415 e. The predicted octanol–water partition coefficient (Wildman–Crippen LogP) is 0.390. The molecule has 0 saturated carbocycles. The van der Waals surface area contributed by atoms with Crippen molar-refractivity contribution in [2.24, 2.45) is 5.73 Å². The minimum absolute atomic E-state index is 0.119. The molecule has 8 heteroatoms. The van der Waals surface area contributed by atoms with E-state index in [1.165, 1.54) is 22.9 Å². The summed E-state index contributed by atoms with van der Waals surface area (Å²) < 4.78 is 25.1. The molecule has 22 heavy (non-hydrogen) atoms. The Morgan fingerprint density at radius 1 is 1.45 bits per heavy atom. The van der Waals surface area contributed by atoms with Crippen molar-refractivity contribution in [3.8, 4) is 5.75 Å². The Labute approximate surface area is 125 Å². The molecule has 116 valence electrons. The van der Waals surface area contributed by atoms with E-state index in [9.17, 15) is 14.0 Å². The molecule has 2 amide bonds. The molecule has 7 nitrogen and oxygen atoms in total. The zero-order valence-corrected chi connectivity index (χ0v) is 11.8. The number of hydrogen-bond donors (Lipinski definition) is 1. The average Bonchev–Trinajstić information content (AvgIpc) is 3.01. The quantitative estimate of drug-likeness (QED) is 0.811.